The molecule has 1 aliphatic heterocycles. The smallest absolute Gasteiger partial charge is 0.355 e. The number of hydrogen-bond donors (Lipinski definition) is 4. The molecule has 0 spiro atoms. The van der Waals surface area contributed by atoms with Gasteiger partial charge in [0, 0.05) is 23.9 Å². The number of carbonyl (C=O) groups is 1. The summed E-state index contributed by atoms with van der Waals surface area (Å²) in [6.07, 6.45) is 3.31. The molecule has 15 nitrogen and oxygen atoms in total. The zero-order valence-electron chi connectivity index (χ0n) is 15.0. The van der Waals surface area contributed by atoms with E-state index in [2.05, 4.69) is 25.0 Å². The third-order valence-electron chi connectivity index (χ3n) is 3.23. The van der Waals surface area contributed by atoms with Crippen molar-refractivity contribution in [2.24, 2.45) is 4.95 Å². The van der Waals surface area contributed by atoms with Crippen LogP contribution in [0, 0.1) is 4.91 Å². The van der Waals surface area contributed by atoms with Crippen LogP contribution in [0.4, 0.5) is 0 Å². The van der Waals surface area contributed by atoms with Gasteiger partial charge in [-0.3, -0.25) is 9.32 Å². The molecule has 1 saturated heterocycles. The van der Waals surface area contributed by atoms with Crippen LogP contribution in [0.15, 0.2) is 29.5 Å². The standard InChI is InChI=1S/C11H20N3O12P3/c1-9(12-8-15)5-6-14(2)11-4-3-10(24-11)7-23-29(21,22)26-27(17,13-16)25-28(18,19)20/h5-6,8,10-11H,1,3-4,7H2,2H3,(H,12,15)(H,21,22)(H2,18,19,20)/b6-5-/t10-,11+,27?/m0/s1. The van der Waals surface area contributed by atoms with E-state index in [1.807, 2.05) is 0 Å². The first-order valence-corrected chi connectivity index (χ1v) is 12.2. The number of phosphoric ester groups is 1. The molecule has 0 aromatic heterocycles. The van der Waals surface area contributed by atoms with Crippen LogP contribution in [-0.4, -0.2) is 52.0 Å². The Morgan fingerprint density at radius 2 is 1.97 bits per heavy atom. The molecule has 0 aliphatic carbocycles. The molecule has 1 rings (SSSR count). The Balaban J connectivity index is 2.57. The van der Waals surface area contributed by atoms with Gasteiger partial charge >= 0.3 is 23.4 Å². The van der Waals surface area contributed by atoms with Gasteiger partial charge in [-0.15, -0.1) is 4.91 Å². The monoisotopic (exact) mass is 479 g/mol. The Hall–Kier alpha value is -1.24. The number of rotatable bonds is 13. The molecule has 18 heteroatoms. The van der Waals surface area contributed by atoms with Gasteiger partial charge in [-0.05, 0) is 18.9 Å². The fourth-order valence-corrected chi connectivity index (χ4v) is 5.33. The summed E-state index contributed by atoms with van der Waals surface area (Å²) >= 11 is 0. The highest BCUT2D eigenvalue weighted by Crippen LogP contribution is 2.69. The van der Waals surface area contributed by atoms with Gasteiger partial charge < -0.3 is 29.6 Å². The minimum Gasteiger partial charge on any atom is -0.355 e. The predicted octanol–water partition coefficient (Wildman–Crippen LogP) is 1.31. The largest absolute Gasteiger partial charge is 0.507 e. The topological polar surface area (TPSA) is 211 Å². The Morgan fingerprint density at radius 1 is 1.31 bits per heavy atom. The van der Waals surface area contributed by atoms with E-state index in [0.29, 0.717) is 24.9 Å². The van der Waals surface area contributed by atoms with Crippen molar-refractivity contribution in [3.63, 3.8) is 0 Å². The summed E-state index contributed by atoms with van der Waals surface area (Å²) in [5, 5.41) is 2.34. The summed E-state index contributed by atoms with van der Waals surface area (Å²) in [6, 6.07) is 0. The predicted molar refractivity (Wildman–Crippen MR) is 96.5 cm³/mol. The van der Waals surface area contributed by atoms with Crippen molar-refractivity contribution in [3.05, 3.63) is 29.5 Å². The molecular weight excluding hydrogens is 459 g/mol. The minimum absolute atomic E-state index is 0.342. The molecule has 0 bridgehead atoms. The van der Waals surface area contributed by atoms with E-state index in [9.17, 15) is 28.3 Å². The molecule has 1 aliphatic rings. The van der Waals surface area contributed by atoms with Gasteiger partial charge in [0.2, 0.25) is 6.41 Å². The SMILES string of the molecule is C=C(/C=C\N(C)[C@H]1CC[C@@H](COP(=O)(O)OP(=O)(N=O)OP(=O)(O)O)O1)NC=O. The zero-order chi connectivity index (χ0) is 22.3. The maximum Gasteiger partial charge on any atom is 0.507 e. The summed E-state index contributed by atoms with van der Waals surface area (Å²) in [6.45, 7) is 3.04. The molecule has 1 fully saturated rings. The summed E-state index contributed by atoms with van der Waals surface area (Å²) in [4.78, 5) is 50.7. The average molecular weight is 479 g/mol. The zero-order valence-corrected chi connectivity index (χ0v) is 17.7. The highest BCUT2D eigenvalue weighted by molar-refractivity contribution is 7.68. The Morgan fingerprint density at radius 3 is 2.52 bits per heavy atom. The van der Waals surface area contributed by atoms with Crippen LogP contribution < -0.4 is 5.32 Å². The molecule has 0 aromatic carbocycles. The second-order valence-electron chi connectivity index (χ2n) is 5.53. The Bertz CT molecular complexity index is 782. The van der Waals surface area contributed by atoms with Crippen LogP contribution in [0.3, 0.4) is 0 Å². The fraction of sp³-hybridized carbons (Fsp3) is 0.545. The van der Waals surface area contributed by atoms with Gasteiger partial charge in [-0.1, -0.05) is 6.58 Å². The molecule has 4 atom stereocenters. The van der Waals surface area contributed by atoms with E-state index in [0.717, 1.165) is 0 Å². The van der Waals surface area contributed by atoms with E-state index in [4.69, 9.17) is 14.5 Å². The molecule has 166 valence electrons. The van der Waals surface area contributed by atoms with E-state index in [-0.39, 0.29) is 0 Å². The van der Waals surface area contributed by atoms with Crippen LogP contribution in [0.1, 0.15) is 12.8 Å². The third kappa shape index (κ3) is 9.87. The highest BCUT2D eigenvalue weighted by Gasteiger charge is 2.44. The summed E-state index contributed by atoms with van der Waals surface area (Å²) in [7, 11) is -14.6. The van der Waals surface area contributed by atoms with Crippen molar-refractivity contribution in [2.45, 2.75) is 25.2 Å². The summed E-state index contributed by atoms with van der Waals surface area (Å²) < 4.78 is 51.6. The van der Waals surface area contributed by atoms with Crippen LogP contribution in [0.2, 0.25) is 0 Å². The number of nitroso groups, excluding NO2 is 1. The summed E-state index contributed by atoms with van der Waals surface area (Å²) in [5.41, 5.74) is 0.342. The van der Waals surface area contributed by atoms with Gasteiger partial charge in [0.1, 0.15) is 6.23 Å². The van der Waals surface area contributed by atoms with Crippen molar-refractivity contribution in [1.82, 2.24) is 10.2 Å². The van der Waals surface area contributed by atoms with Crippen LogP contribution in [0.5, 0.6) is 0 Å². The molecule has 2 unspecified atom stereocenters. The first kappa shape index (κ1) is 25.8. The van der Waals surface area contributed by atoms with Gasteiger partial charge in [0.15, 0.2) is 0 Å². The van der Waals surface area contributed by atoms with Crippen molar-refractivity contribution in [3.8, 4) is 0 Å². The summed E-state index contributed by atoms with van der Waals surface area (Å²) in [5.74, 6) is 0. The van der Waals surface area contributed by atoms with Gasteiger partial charge in [0.25, 0.3) is 0 Å². The number of carbonyl (C=O) groups excluding carboxylic acids is 1. The van der Waals surface area contributed by atoms with Crippen LogP contribution in [0.25, 0.3) is 0 Å². The number of hydrogen-bond acceptors (Lipinski definition) is 10. The Kier molecular flexibility index (Phi) is 9.51. The lowest BCUT2D eigenvalue weighted by atomic mass is 10.2. The van der Waals surface area contributed by atoms with Crippen LogP contribution in [-0.2, 0) is 36.4 Å². The molecule has 0 saturated carbocycles. The fourth-order valence-electron chi connectivity index (χ4n) is 2.05. The molecular formula is C11H20N3O12P3. The van der Waals surface area contributed by atoms with Crippen molar-refractivity contribution >= 4 is 29.8 Å². The van der Waals surface area contributed by atoms with E-state index < -0.39 is 42.3 Å². The number of nitrogens with one attached hydrogen (secondary N) is 1. The molecule has 0 radical (unpaired) electrons. The number of nitrogens with zero attached hydrogens (tertiary/aromatic N) is 2. The van der Waals surface area contributed by atoms with E-state index in [1.165, 1.54) is 6.08 Å². The number of ether oxygens (including phenoxy) is 1. The van der Waals surface area contributed by atoms with Gasteiger partial charge in [-0.25, -0.2) is 13.7 Å². The molecule has 0 aromatic rings. The first-order valence-electron chi connectivity index (χ1n) is 7.64. The van der Waals surface area contributed by atoms with Gasteiger partial charge in [-0.2, -0.15) is 8.62 Å². The van der Waals surface area contributed by atoms with Crippen molar-refractivity contribution in [1.29, 1.82) is 0 Å². The van der Waals surface area contributed by atoms with Crippen molar-refractivity contribution < 1.29 is 51.1 Å². The normalized spacial score (nSPS) is 23.9. The molecule has 29 heavy (non-hydrogen) atoms. The lowest BCUT2D eigenvalue weighted by Gasteiger charge is -2.23. The van der Waals surface area contributed by atoms with E-state index >= 15 is 0 Å². The second-order valence-corrected chi connectivity index (χ2v) is 10.1. The Labute approximate surface area is 165 Å². The average Bonchev–Trinajstić information content (AvgIpc) is 3.05. The maximum atomic E-state index is 11.8. The highest BCUT2D eigenvalue weighted by atomic mass is 31.3. The lowest BCUT2D eigenvalue weighted by molar-refractivity contribution is -0.108. The molecule has 1 heterocycles. The van der Waals surface area contributed by atoms with Crippen LogP contribution >= 0.6 is 23.4 Å². The minimum atomic E-state index is -5.50. The first-order chi connectivity index (χ1) is 13.3. The van der Waals surface area contributed by atoms with Gasteiger partial charge in [0.05, 0.1) is 12.7 Å². The molecule has 4 N–H and O–H groups in total. The lowest BCUT2D eigenvalue weighted by Crippen LogP contribution is -2.28. The quantitative estimate of drug-likeness (QED) is 0.127. The number of amides is 1. The maximum absolute atomic E-state index is 11.8. The number of phosphoric acid groups is 2. The third-order valence-corrected chi connectivity index (χ3v) is 7.24. The van der Waals surface area contributed by atoms with E-state index in [1.54, 1.807) is 23.1 Å². The molecule has 1 amide bonds. The number of allylic oxidation sites excluding steroid dienone is 1. The van der Waals surface area contributed by atoms with Crippen molar-refractivity contribution in [2.75, 3.05) is 13.7 Å². The second kappa shape index (κ2) is 10.7.